The van der Waals surface area contributed by atoms with Crippen molar-refractivity contribution < 1.29 is 38.5 Å². The zero-order valence-corrected chi connectivity index (χ0v) is 33.5. The Balaban J connectivity index is 1.21. The van der Waals surface area contributed by atoms with Gasteiger partial charge in [0, 0.05) is 35.1 Å². The van der Waals surface area contributed by atoms with Gasteiger partial charge in [0.15, 0.2) is 0 Å². The first-order valence-corrected chi connectivity index (χ1v) is 20.0. The number of carboxylic acid groups (broad SMARTS) is 1. The molecule has 0 radical (unpaired) electrons. The number of hydrogen-bond donors (Lipinski definition) is 3. The van der Waals surface area contributed by atoms with Crippen LogP contribution in [0.2, 0.25) is 5.02 Å². The lowest BCUT2D eigenvalue weighted by molar-refractivity contribution is -0.146. The standard InChI is InChI=1S/C40H48ClN5O8S/c1-8-22-16-40(22,37(49)50)45-34(47)28-14-24(17-46(28)36(48)33(39(4,5)6)44-38(51)54-23-12-20-11-21(20)13-23)53-30-15-26(27-18-55-35(43-27)19(2)3)42-32-25(30)9-10-29(52-7)31(32)41/h8-10,15,18-24,28,33H,1,11-14,16-17H2,2-7H3,(H,44,51)(H,45,47)(H,49,50)/t20-,21+,22-,23-,24-,28+,33-,40-/m1/s1. The number of thiazole rings is 1. The SMILES string of the molecule is C=C[C@@H]1C[C@]1(NC(=O)[C@@H]1C[C@@H](Oc2cc(-c3csc(C(C)C)n3)nc3c(Cl)c(OC)ccc23)CN1C(=O)[C@@H](NC(=O)O[C@H]1C[C@@H]2C[C@@H]2C1)C(C)(C)C)C(=O)O. The van der Waals surface area contributed by atoms with Gasteiger partial charge in [0.1, 0.15) is 52.0 Å². The molecule has 3 aromatic rings. The molecule has 0 bridgehead atoms. The minimum atomic E-state index is -1.52. The van der Waals surface area contributed by atoms with E-state index in [1.54, 1.807) is 18.2 Å². The number of ether oxygens (including phenoxy) is 3. The Labute approximate surface area is 329 Å². The number of hydrogen-bond acceptors (Lipinski definition) is 10. The molecule has 4 fully saturated rings. The number of alkyl carbamates (subject to hydrolysis) is 1. The van der Waals surface area contributed by atoms with E-state index in [-0.39, 0.29) is 36.4 Å². The van der Waals surface area contributed by atoms with E-state index in [0.717, 1.165) is 17.8 Å². The summed E-state index contributed by atoms with van der Waals surface area (Å²) in [5.74, 6) is -0.542. The number of carbonyl (C=O) groups excluding carboxylic acids is 3. The van der Waals surface area contributed by atoms with E-state index in [1.807, 2.05) is 26.2 Å². The molecule has 294 valence electrons. The van der Waals surface area contributed by atoms with Gasteiger partial charge in [0.2, 0.25) is 11.8 Å². The molecule has 7 rings (SSSR count). The van der Waals surface area contributed by atoms with E-state index in [9.17, 15) is 24.3 Å². The summed E-state index contributed by atoms with van der Waals surface area (Å²) in [6, 6.07) is 3.08. The maximum absolute atomic E-state index is 14.6. The van der Waals surface area contributed by atoms with Crippen molar-refractivity contribution in [2.45, 2.75) is 102 Å². The fourth-order valence-electron chi connectivity index (χ4n) is 8.01. The third-order valence-electron chi connectivity index (χ3n) is 11.4. The summed E-state index contributed by atoms with van der Waals surface area (Å²) in [6.07, 6.45) is 2.94. The fraction of sp³-hybridized carbons (Fsp3) is 0.550. The second kappa shape index (κ2) is 14.6. The van der Waals surface area contributed by atoms with Crippen molar-refractivity contribution in [1.29, 1.82) is 0 Å². The highest BCUT2D eigenvalue weighted by Crippen LogP contribution is 2.52. The number of methoxy groups -OCH3 is 1. The van der Waals surface area contributed by atoms with Crippen molar-refractivity contribution in [2.75, 3.05) is 13.7 Å². The molecular formula is C40H48ClN5O8S. The first-order valence-electron chi connectivity index (χ1n) is 18.8. The maximum Gasteiger partial charge on any atom is 0.408 e. The van der Waals surface area contributed by atoms with Crippen molar-refractivity contribution in [3.05, 3.63) is 46.3 Å². The summed E-state index contributed by atoms with van der Waals surface area (Å²) in [5.41, 5.74) is -0.719. The zero-order chi connectivity index (χ0) is 39.6. The van der Waals surface area contributed by atoms with E-state index in [2.05, 4.69) is 31.1 Å². The highest BCUT2D eigenvalue weighted by Gasteiger charge is 2.61. The van der Waals surface area contributed by atoms with Crippen molar-refractivity contribution in [3.63, 3.8) is 0 Å². The topological polar surface area (TPSA) is 169 Å². The first-order chi connectivity index (χ1) is 26.0. The number of carbonyl (C=O) groups is 4. The van der Waals surface area contributed by atoms with E-state index in [0.29, 0.717) is 45.6 Å². The Kier molecular flexibility index (Phi) is 10.3. The Bertz CT molecular complexity index is 2040. The van der Waals surface area contributed by atoms with Crippen molar-refractivity contribution in [1.82, 2.24) is 25.5 Å². The summed E-state index contributed by atoms with van der Waals surface area (Å²) in [4.78, 5) is 65.4. The summed E-state index contributed by atoms with van der Waals surface area (Å²) >= 11 is 8.33. The molecular weight excluding hydrogens is 746 g/mol. The monoisotopic (exact) mass is 793 g/mol. The highest BCUT2D eigenvalue weighted by atomic mass is 35.5. The second-order valence-corrected chi connectivity index (χ2v) is 18.0. The van der Waals surface area contributed by atoms with E-state index in [4.69, 9.17) is 35.8 Å². The van der Waals surface area contributed by atoms with Crippen LogP contribution in [0.4, 0.5) is 4.79 Å². The lowest BCUT2D eigenvalue weighted by atomic mass is 9.85. The number of benzene rings is 1. The molecule has 2 aromatic heterocycles. The van der Waals surface area contributed by atoms with Gasteiger partial charge in [-0.1, -0.05) is 52.3 Å². The number of aromatic nitrogens is 2. The summed E-state index contributed by atoms with van der Waals surface area (Å²) in [5, 5.41) is 19.4. The highest BCUT2D eigenvalue weighted by molar-refractivity contribution is 7.10. The number of likely N-dealkylation sites (tertiary alicyclic amines) is 1. The third kappa shape index (κ3) is 7.59. The van der Waals surface area contributed by atoms with Crippen LogP contribution in [-0.4, -0.2) is 87.3 Å². The molecule has 1 aliphatic heterocycles. The fourth-order valence-corrected chi connectivity index (χ4v) is 9.13. The Morgan fingerprint density at radius 3 is 2.40 bits per heavy atom. The lowest BCUT2D eigenvalue weighted by Gasteiger charge is -2.35. The van der Waals surface area contributed by atoms with Gasteiger partial charge in [-0.05, 0) is 55.1 Å². The van der Waals surface area contributed by atoms with Crippen LogP contribution in [0.25, 0.3) is 22.3 Å². The summed E-state index contributed by atoms with van der Waals surface area (Å²) in [6.45, 7) is 13.3. The number of carboxylic acids is 1. The van der Waals surface area contributed by atoms with Gasteiger partial charge >= 0.3 is 12.1 Å². The molecule has 0 spiro atoms. The van der Waals surface area contributed by atoms with Crippen LogP contribution in [0.5, 0.6) is 11.5 Å². The molecule has 3 heterocycles. The van der Waals surface area contributed by atoms with Crippen LogP contribution in [-0.2, 0) is 19.1 Å². The Morgan fingerprint density at radius 2 is 1.80 bits per heavy atom. The van der Waals surface area contributed by atoms with Gasteiger partial charge in [0.05, 0.1) is 29.9 Å². The van der Waals surface area contributed by atoms with Gasteiger partial charge in [-0.25, -0.2) is 19.6 Å². The van der Waals surface area contributed by atoms with E-state index < -0.39 is 58.9 Å². The van der Waals surface area contributed by atoms with Crippen molar-refractivity contribution >= 4 is 57.7 Å². The van der Waals surface area contributed by atoms with Crippen LogP contribution in [0.15, 0.2) is 36.2 Å². The summed E-state index contributed by atoms with van der Waals surface area (Å²) < 4.78 is 17.9. The van der Waals surface area contributed by atoms with Crippen LogP contribution < -0.4 is 20.1 Å². The van der Waals surface area contributed by atoms with Gasteiger partial charge in [-0.15, -0.1) is 17.9 Å². The maximum atomic E-state index is 14.6. The minimum absolute atomic E-state index is 0.0333. The number of pyridine rings is 1. The largest absolute Gasteiger partial charge is 0.495 e. The molecule has 3 amide bonds. The average Bonchev–Trinajstić information content (AvgIpc) is 3.77. The third-order valence-corrected chi connectivity index (χ3v) is 12.9. The van der Waals surface area contributed by atoms with Crippen molar-refractivity contribution in [3.8, 4) is 22.9 Å². The molecule has 55 heavy (non-hydrogen) atoms. The Morgan fingerprint density at radius 1 is 1.07 bits per heavy atom. The Hall–Kier alpha value is -4.43. The number of fused-ring (bicyclic) bond motifs is 2. The second-order valence-electron chi connectivity index (χ2n) is 16.7. The van der Waals surface area contributed by atoms with Crippen LogP contribution in [0.1, 0.15) is 77.6 Å². The van der Waals surface area contributed by atoms with E-state index in [1.165, 1.54) is 35.8 Å². The number of amides is 3. The number of nitrogens with zero attached hydrogens (tertiary/aromatic N) is 3. The van der Waals surface area contributed by atoms with Gasteiger partial charge in [0.25, 0.3) is 0 Å². The quantitative estimate of drug-likeness (QED) is 0.170. The molecule has 4 aliphatic rings. The predicted octanol–water partition coefficient (Wildman–Crippen LogP) is 6.58. The molecule has 0 unspecified atom stereocenters. The molecule has 3 aliphatic carbocycles. The predicted molar refractivity (Wildman–Crippen MR) is 207 cm³/mol. The molecule has 15 heteroatoms. The first kappa shape index (κ1) is 38.8. The average molecular weight is 794 g/mol. The van der Waals surface area contributed by atoms with Crippen LogP contribution in [0, 0.1) is 23.2 Å². The molecule has 1 aromatic carbocycles. The number of rotatable bonds is 12. The number of halogens is 1. The lowest BCUT2D eigenvalue weighted by Crippen LogP contribution is -2.59. The van der Waals surface area contributed by atoms with Crippen LogP contribution in [0.3, 0.4) is 0 Å². The summed E-state index contributed by atoms with van der Waals surface area (Å²) in [7, 11) is 1.52. The molecule has 1 saturated heterocycles. The molecule has 8 atom stereocenters. The van der Waals surface area contributed by atoms with Gasteiger partial charge < -0.3 is 34.9 Å². The molecule has 3 N–H and O–H groups in total. The normalized spacial score (nSPS) is 27.3. The number of aliphatic carboxylic acids is 1. The minimum Gasteiger partial charge on any atom is -0.495 e. The number of nitrogens with one attached hydrogen (secondary N) is 2. The molecule has 3 saturated carbocycles. The smallest absolute Gasteiger partial charge is 0.408 e. The van der Waals surface area contributed by atoms with Gasteiger partial charge in [-0.2, -0.15) is 0 Å². The van der Waals surface area contributed by atoms with E-state index >= 15 is 0 Å². The van der Waals surface area contributed by atoms with Gasteiger partial charge in [-0.3, -0.25) is 9.59 Å². The van der Waals surface area contributed by atoms with Crippen molar-refractivity contribution in [2.24, 2.45) is 23.2 Å². The molecule has 13 nitrogen and oxygen atoms in total. The zero-order valence-electron chi connectivity index (χ0n) is 31.9. The van der Waals surface area contributed by atoms with Crippen LogP contribution >= 0.6 is 22.9 Å².